The molecule has 0 aromatic heterocycles. The molecule has 20 heavy (non-hydrogen) atoms. The summed E-state index contributed by atoms with van der Waals surface area (Å²) in [6.45, 7) is 5.08. The minimum Gasteiger partial charge on any atom is -0.490 e. The van der Waals surface area contributed by atoms with Crippen molar-refractivity contribution < 1.29 is 9.47 Å². The van der Waals surface area contributed by atoms with Gasteiger partial charge in [-0.2, -0.15) is 0 Å². The molecule has 112 valence electrons. The minimum atomic E-state index is -0.0531. The smallest absolute Gasteiger partial charge is 0.162 e. The van der Waals surface area contributed by atoms with Crippen molar-refractivity contribution in [2.24, 2.45) is 5.92 Å². The molecule has 1 aromatic carbocycles. The van der Waals surface area contributed by atoms with E-state index in [2.05, 4.69) is 0 Å². The molecule has 1 aromatic rings. The van der Waals surface area contributed by atoms with E-state index in [0.717, 1.165) is 23.7 Å². The van der Waals surface area contributed by atoms with Crippen LogP contribution in [0.4, 0.5) is 0 Å². The molecule has 1 atom stereocenters. The van der Waals surface area contributed by atoms with E-state index in [1.54, 1.807) is 0 Å². The van der Waals surface area contributed by atoms with Crippen molar-refractivity contribution in [3.05, 3.63) is 22.7 Å². The lowest BCUT2D eigenvalue weighted by Gasteiger charge is -2.28. The van der Waals surface area contributed by atoms with Crippen molar-refractivity contribution >= 4 is 23.2 Å². The predicted octanol–water partition coefficient (Wildman–Crippen LogP) is 5.61. The molecule has 0 saturated heterocycles. The van der Waals surface area contributed by atoms with Gasteiger partial charge in [0.2, 0.25) is 0 Å². The van der Waals surface area contributed by atoms with Crippen molar-refractivity contribution in [1.29, 1.82) is 0 Å². The molecule has 0 N–H and O–H groups in total. The Morgan fingerprint density at radius 1 is 1.15 bits per heavy atom. The lowest BCUT2D eigenvalue weighted by Crippen LogP contribution is -2.13. The van der Waals surface area contributed by atoms with Crippen LogP contribution in [0.3, 0.4) is 0 Å². The highest BCUT2D eigenvalue weighted by molar-refractivity contribution is 6.33. The van der Waals surface area contributed by atoms with Crippen LogP contribution in [0.1, 0.15) is 50.5 Å². The largest absolute Gasteiger partial charge is 0.490 e. The summed E-state index contributed by atoms with van der Waals surface area (Å²) in [6.07, 6.45) is 4.89. The Kier molecular flexibility index (Phi) is 5.86. The summed E-state index contributed by atoms with van der Waals surface area (Å²) in [5.74, 6) is 2.17. The number of hydrogen-bond donors (Lipinski definition) is 0. The van der Waals surface area contributed by atoms with E-state index < -0.39 is 0 Å². The maximum atomic E-state index is 6.54. The maximum absolute atomic E-state index is 6.54. The SMILES string of the molecule is CCOc1cc(Cl)c(C(Cl)CC2CCC2)cc1OCC. The molecule has 0 bridgehead atoms. The van der Waals surface area contributed by atoms with Gasteiger partial charge in [0.15, 0.2) is 11.5 Å². The molecule has 1 unspecified atom stereocenters. The van der Waals surface area contributed by atoms with Gasteiger partial charge in [-0.05, 0) is 37.8 Å². The van der Waals surface area contributed by atoms with Crippen molar-refractivity contribution in [3.63, 3.8) is 0 Å². The number of alkyl halides is 1. The maximum Gasteiger partial charge on any atom is 0.162 e. The zero-order valence-corrected chi connectivity index (χ0v) is 13.6. The molecule has 1 aliphatic carbocycles. The van der Waals surface area contributed by atoms with Crippen LogP contribution in [-0.2, 0) is 0 Å². The monoisotopic (exact) mass is 316 g/mol. The van der Waals surface area contributed by atoms with Gasteiger partial charge in [-0.15, -0.1) is 11.6 Å². The Labute approximate surface area is 131 Å². The number of benzene rings is 1. The first-order chi connectivity index (χ1) is 9.65. The highest BCUT2D eigenvalue weighted by atomic mass is 35.5. The summed E-state index contributed by atoms with van der Waals surface area (Å²) >= 11 is 12.9. The zero-order valence-electron chi connectivity index (χ0n) is 12.1. The number of halogens is 2. The fourth-order valence-electron chi connectivity index (χ4n) is 2.48. The predicted molar refractivity (Wildman–Crippen MR) is 84.3 cm³/mol. The standard InChI is InChI=1S/C16H22Cl2O2/c1-3-19-15-9-12(13(17)8-11-6-5-7-11)14(18)10-16(15)20-4-2/h9-11,13H,3-8H2,1-2H3. The number of ether oxygens (including phenoxy) is 2. The van der Waals surface area contributed by atoms with Crippen LogP contribution in [0.25, 0.3) is 0 Å². The number of hydrogen-bond acceptors (Lipinski definition) is 2. The summed E-state index contributed by atoms with van der Waals surface area (Å²) in [6, 6.07) is 3.76. The Bertz CT molecular complexity index is 444. The second kappa shape index (κ2) is 7.42. The Morgan fingerprint density at radius 3 is 2.25 bits per heavy atom. The summed E-state index contributed by atoms with van der Waals surface area (Å²) in [5, 5.41) is 0.610. The van der Waals surface area contributed by atoms with Gasteiger partial charge in [-0.25, -0.2) is 0 Å². The van der Waals surface area contributed by atoms with E-state index in [1.165, 1.54) is 19.3 Å². The highest BCUT2D eigenvalue weighted by Crippen LogP contribution is 2.43. The average molecular weight is 317 g/mol. The molecule has 0 heterocycles. The normalized spacial score (nSPS) is 16.6. The van der Waals surface area contributed by atoms with Gasteiger partial charge < -0.3 is 9.47 Å². The third-order valence-corrected chi connectivity index (χ3v) is 4.51. The molecule has 0 amide bonds. The van der Waals surface area contributed by atoms with Crippen molar-refractivity contribution in [2.75, 3.05) is 13.2 Å². The molecule has 0 spiro atoms. The van der Waals surface area contributed by atoms with Crippen LogP contribution in [-0.4, -0.2) is 13.2 Å². The van der Waals surface area contributed by atoms with E-state index in [0.29, 0.717) is 24.0 Å². The molecule has 2 rings (SSSR count). The van der Waals surface area contributed by atoms with Gasteiger partial charge >= 0.3 is 0 Å². The third kappa shape index (κ3) is 3.73. The van der Waals surface area contributed by atoms with Gasteiger partial charge in [0.1, 0.15) is 0 Å². The fourth-order valence-corrected chi connectivity index (χ4v) is 3.25. The molecule has 1 saturated carbocycles. The first-order valence-corrected chi connectivity index (χ1v) is 8.20. The van der Waals surface area contributed by atoms with Crippen LogP contribution < -0.4 is 9.47 Å². The quantitative estimate of drug-likeness (QED) is 0.609. The Morgan fingerprint density at radius 2 is 1.75 bits per heavy atom. The first-order valence-electron chi connectivity index (χ1n) is 7.38. The summed E-state index contributed by atoms with van der Waals surface area (Å²) in [7, 11) is 0. The highest BCUT2D eigenvalue weighted by Gasteiger charge is 2.24. The molecule has 4 heteroatoms. The second-order valence-electron chi connectivity index (χ2n) is 5.19. The van der Waals surface area contributed by atoms with E-state index in [1.807, 2.05) is 26.0 Å². The van der Waals surface area contributed by atoms with Gasteiger partial charge in [0.25, 0.3) is 0 Å². The molecule has 0 radical (unpaired) electrons. The molecular weight excluding hydrogens is 295 g/mol. The van der Waals surface area contributed by atoms with E-state index in [4.69, 9.17) is 32.7 Å². The van der Waals surface area contributed by atoms with Crippen LogP contribution in [0, 0.1) is 5.92 Å². The lowest BCUT2D eigenvalue weighted by molar-refractivity contribution is 0.285. The average Bonchev–Trinajstić information content (AvgIpc) is 2.37. The van der Waals surface area contributed by atoms with Gasteiger partial charge in [-0.3, -0.25) is 0 Å². The van der Waals surface area contributed by atoms with E-state index in [9.17, 15) is 0 Å². The van der Waals surface area contributed by atoms with Gasteiger partial charge in [-0.1, -0.05) is 30.9 Å². The van der Waals surface area contributed by atoms with E-state index in [-0.39, 0.29) is 5.38 Å². The third-order valence-electron chi connectivity index (χ3n) is 3.77. The molecular formula is C16H22Cl2O2. The Balaban J connectivity index is 2.20. The van der Waals surface area contributed by atoms with E-state index >= 15 is 0 Å². The molecule has 1 aliphatic rings. The lowest BCUT2D eigenvalue weighted by atomic mass is 9.81. The number of rotatable bonds is 7. The van der Waals surface area contributed by atoms with Crippen LogP contribution in [0.2, 0.25) is 5.02 Å². The zero-order chi connectivity index (χ0) is 14.5. The first kappa shape index (κ1) is 15.8. The van der Waals surface area contributed by atoms with Crippen LogP contribution in [0.15, 0.2) is 12.1 Å². The summed E-state index contributed by atoms with van der Waals surface area (Å²) in [5.41, 5.74) is 0.951. The van der Waals surface area contributed by atoms with Crippen molar-refractivity contribution in [1.82, 2.24) is 0 Å². The van der Waals surface area contributed by atoms with Crippen LogP contribution >= 0.6 is 23.2 Å². The fraction of sp³-hybridized carbons (Fsp3) is 0.625. The van der Waals surface area contributed by atoms with Gasteiger partial charge in [0.05, 0.1) is 18.6 Å². The minimum absolute atomic E-state index is 0.0531. The molecule has 1 fully saturated rings. The summed E-state index contributed by atoms with van der Waals surface area (Å²) in [4.78, 5) is 0. The van der Waals surface area contributed by atoms with Gasteiger partial charge in [0, 0.05) is 11.1 Å². The van der Waals surface area contributed by atoms with Crippen molar-refractivity contribution in [2.45, 2.75) is 44.9 Å². The molecule has 2 nitrogen and oxygen atoms in total. The molecule has 0 aliphatic heterocycles. The Hall–Kier alpha value is -0.600. The topological polar surface area (TPSA) is 18.5 Å². The second-order valence-corrected chi connectivity index (χ2v) is 6.12. The summed E-state index contributed by atoms with van der Waals surface area (Å²) < 4.78 is 11.2. The van der Waals surface area contributed by atoms with Crippen LogP contribution in [0.5, 0.6) is 11.5 Å². The van der Waals surface area contributed by atoms with Crippen molar-refractivity contribution in [3.8, 4) is 11.5 Å².